The highest BCUT2D eigenvalue weighted by molar-refractivity contribution is 9.10. The Hall–Kier alpha value is -1.52. The average molecular weight is 397 g/mol. The fourth-order valence-corrected chi connectivity index (χ4v) is 3.19. The Morgan fingerprint density at radius 3 is 2.35 bits per heavy atom. The highest BCUT2D eigenvalue weighted by Crippen LogP contribution is 2.29. The summed E-state index contributed by atoms with van der Waals surface area (Å²) < 4.78 is 6.44. The molecular weight excluding hydrogens is 378 g/mol. The van der Waals surface area contributed by atoms with Crippen molar-refractivity contribution in [3.8, 4) is 5.75 Å². The second-order valence-corrected chi connectivity index (χ2v) is 6.89. The minimum atomic E-state index is -0.632. The standard InChI is InChI=1S/C18H19BrClNO2/c1-10-7-11(2)17(12(3)8-10)21-18(22)13(4)23-16-6-5-14(20)9-15(16)19/h5-9,13H,1-4H3,(H,21,22). The topological polar surface area (TPSA) is 38.3 Å². The van der Waals surface area contributed by atoms with Crippen LogP contribution in [-0.4, -0.2) is 12.0 Å². The molecule has 0 heterocycles. The lowest BCUT2D eigenvalue weighted by Gasteiger charge is -2.18. The first kappa shape index (κ1) is 17.8. The molecule has 2 aromatic rings. The zero-order valence-electron chi connectivity index (χ0n) is 13.5. The molecule has 122 valence electrons. The monoisotopic (exact) mass is 395 g/mol. The van der Waals surface area contributed by atoms with Crippen molar-refractivity contribution < 1.29 is 9.53 Å². The zero-order valence-corrected chi connectivity index (χ0v) is 15.9. The number of anilines is 1. The van der Waals surface area contributed by atoms with E-state index in [1.807, 2.05) is 32.9 Å². The molecule has 0 bridgehead atoms. The summed E-state index contributed by atoms with van der Waals surface area (Å²) in [6.45, 7) is 7.72. The average Bonchev–Trinajstić information content (AvgIpc) is 2.45. The molecule has 2 aromatic carbocycles. The third-order valence-corrected chi connectivity index (χ3v) is 4.35. The van der Waals surface area contributed by atoms with E-state index in [0.29, 0.717) is 15.2 Å². The molecule has 1 N–H and O–H groups in total. The summed E-state index contributed by atoms with van der Waals surface area (Å²) >= 11 is 9.29. The summed E-state index contributed by atoms with van der Waals surface area (Å²) in [5, 5.41) is 3.56. The molecule has 0 aliphatic carbocycles. The predicted molar refractivity (Wildman–Crippen MR) is 98.5 cm³/mol. The van der Waals surface area contributed by atoms with Gasteiger partial charge in [-0.3, -0.25) is 4.79 Å². The van der Waals surface area contributed by atoms with Gasteiger partial charge in [0.2, 0.25) is 0 Å². The van der Waals surface area contributed by atoms with Crippen LogP contribution < -0.4 is 10.1 Å². The number of amides is 1. The number of halogens is 2. The van der Waals surface area contributed by atoms with Gasteiger partial charge in [0.25, 0.3) is 5.91 Å². The van der Waals surface area contributed by atoms with Crippen LogP contribution in [0.1, 0.15) is 23.6 Å². The van der Waals surface area contributed by atoms with Crippen LogP contribution in [0.4, 0.5) is 5.69 Å². The quantitative estimate of drug-likeness (QED) is 0.748. The van der Waals surface area contributed by atoms with E-state index in [2.05, 4.69) is 21.2 Å². The van der Waals surface area contributed by atoms with Crippen LogP contribution in [-0.2, 0) is 4.79 Å². The van der Waals surface area contributed by atoms with Crippen molar-refractivity contribution in [3.63, 3.8) is 0 Å². The molecule has 2 rings (SSSR count). The fourth-order valence-electron chi connectivity index (χ4n) is 2.42. The molecule has 5 heteroatoms. The van der Waals surface area contributed by atoms with E-state index in [-0.39, 0.29) is 5.91 Å². The van der Waals surface area contributed by atoms with Gasteiger partial charge < -0.3 is 10.1 Å². The lowest BCUT2D eigenvalue weighted by atomic mass is 10.0. The number of nitrogens with one attached hydrogen (secondary N) is 1. The molecule has 0 saturated heterocycles. The summed E-state index contributed by atoms with van der Waals surface area (Å²) in [6.07, 6.45) is -0.632. The summed E-state index contributed by atoms with van der Waals surface area (Å²) in [5.41, 5.74) is 4.09. The Bertz CT molecular complexity index is 723. The minimum Gasteiger partial charge on any atom is -0.480 e. The maximum absolute atomic E-state index is 12.4. The number of carbonyl (C=O) groups excluding carboxylic acids is 1. The van der Waals surface area contributed by atoms with E-state index in [0.717, 1.165) is 16.8 Å². The van der Waals surface area contributed by atoms with Crippen molar-refractivity contribution >= 4 is 39.1 Å². The number of hydrogen-bond donors (Lipinski definition) is 1. The summed E-state index contributed by atoms with van der Waals surface area (Å²) in [4.78, 5) is 12.4. The Labute approximate surface area is 150 Å². The summed E-state index contributed by atoms with van der Waals surface area (Å²) in [7, 11) is 0. The lowest BCUT2D eigenvalue weighted by Crippen LogP contribution is -2.30. The van der Waals surface area contributed by atoms with Gasteiger partial charge in [-0.05, 0) is 73.0 Å². The number of benzene rings is 2. The van der Waals surface area contributed by atoms with Gasteiger partial charge in [-0.15, -0.1) is 0 Å². The van der Waals surface area contributed by atoms with E-state index >= 15 is 0 Å². The molecular formula is C18H19BrClNO2. The van der Waals surface area contributed by atoms with Crippen LogP contribution in [0.2, 0.25) is 5.02 Å². The van der Waals surface area contributed by atoms with Crippen LogP contribution in [0, 0.1) is 20.8 Å². The largest absolute Gasteiger partial charge is 0.480 e. The molecule has 0 aromatic heterocycles. The van der Waals surface area contributed by atoms with Crippen LogP contribution >= 0.6 is 27.5 Å². The van der Waals surface area contributed by atoms with Crippen LogP contribution in [0.25, 0.3) is 0 Å². The molecule has 1 amide bonds. The smallest absolute Gasteiger partial charge is 0.265 e. The van der Waals surface area contributed by atoms with Crippen molar-refractivity contribution in [3.05, 3.63) is 56.5 Å². The van der Waals surface area contributed by atoms with Crippen molar-refractivity contribution in [1.29, 1.82) is 0 Å². The minimum absolute atomic E-state index is 0.193. The van der Waals surface area contributed by atoms with Gasteiger partial charge in [-0.2, -0.15) is 0 Å². The van der Waals surface area contributed by atoms with Gasteiger partial charge in [-0.25, -0.2) is 0 Å². The zero-order chi connectivity index (χ0) is 17.1. The normalized spacial score (nSPS) is 11.9. The van der Waals surface area contributed by atoms with Gasteiger partial charge in [-0.1, -0.05) is 29.3 Å². The Balaban J connectivity index is 2.11. The molecule has 23 heavy (non-hydrogen) atoms. The molecule has 1 atom stereocenters. The second kappa shape index (κ2) is 7.37. The number of rotatable bonds is 4. The van der Waals surface area contributed by atoms with Crippen molar-refractivity contribution in [1.82, 2.24) is 0 Å². The molecule has 3 nitrogen and oxygen atoms in total. The molecule has 0 aliphatic heterocycles. The maximum Gasteiger partial charge on any atom is 0.265 e. The Morgan fingerprint density at radius 1 is 1.17 bits per heavy atom. The second-order valence-electron chi connectivity index (χ2n) is 5.60. The van der Waals surface area contributed by atoms with Crippen LogP contribution in [0.15, 0.2) is 34.8 Å². The van der Waals surface area contributed by atoms with E-state index < -0.39 is 6.10 Å². The third-order valence-electron chi connectivity index (χ3n) is 3.49. The molecule has 0 fully saturated rings. The highest BCUT2D eigenvalue weighted by atomic mass is 79.9. The summed E-state index contributed by atoms with van der Waals surface area (Å²) in [6, 6.07) is 9.28. The fraction of sp³-hybridized carbons (Fsp3) is 0.278. The van der Waals surface area contributed by atoms with Gasteiger partial charge >= 0.3 is 0 Å². The van der Waals surface area contributed by atoms with Gasteiger partial charge in [0.1, 0.15) is 5.75 Å². The van der Waals surface area contributed by atoms with Gasteiger partial charge in [0, 0.05) is 10.7 Å². The van der Waals surface area contributed by atoms with Gasteiger partial charge in [0.15, 0.2) is 6.10 Å². The number of hydrogen-bond acceptors (Lipinski definition) is 2. The molecule has 0 spiro atoms. The maximum atomic E-state index is 12.4. The van der Waals surface area contributed by atoms with Crippen molar-refractivity contribution in [2.45, 2.75) is 33.8 Å². The first-order chi connectivity index (χ1) is 10.8. The number of ether oxygens (including phenoxy) is 1. The molecule has 0 radical (unpaired) electrons. The first-order valence-electron chi connectivity index (χ1n) is 7.28. The molecule has 1 unspecified atom stereocenters. The predicted octanol–water partition coefficient (Wildman–Crippen LogP) is 5.43. The lowest BCUT2D eigenvalue weighted by molar-refractivity contribution is -0.122. The molecule has 0 saturated carbocycles. The Morgan fingerprint density at radius 2 is 1.78 bits per heavy atom. The van der Waals surface area contributed by atoms with Crippen molar-refractivity contribution in [2.75, 3.05) is 5.32 Å². The molecule has 0 aliphatic rings. The van der Waals surface area contributed by atoms with Crippen LogP contribution in [0.3, 0.4) is 0 Å². The Kier molecular flexibility index (Phi) is 5.71. The van der Waals surface area contributed by atoms with E-state index in [1.165, 1.54) is 5.56 Å². The first-order valence-corrected chi connectivity index (χ1v) is 8.45. The highest BCUT2D eigenvalue weighted by Gasteiger charge is 2.18. The van der Waals surface area contributed by atoms with E-state index in [1.54, 1.807) is 25.1 Å². The van der Waals surface area contributed by atoms with Crippen molar-refractivity contribution in [2.24, 2.45) is 0 Å². The van der Waals surface area contributed by atoms with Gasteiger partial charge in [0.05, 0.1) is 4.47 Å². The van der Waals surface area contributed by atoms with E-state index in [4.69, 9.17) is 16.3 Å². The third kappa shape index (κ3) is 4.49. The summed E-state index contributed by atoms with van der Waals surface area (Å²) in [5.74, 6) is 0.385. The number of carbonyl (C=O) groups is 1. The van der Waals surface area contributed by atoms with Crippen LogP contribution in [0.5, 0.6) is 5.75 Å². The van der Waals surface area contributed by atoms with E-state index in [9.17, 15) is 4.79 Å². The number of aryl methyl sites for hydroxylation is 3. The SMILES string of the molecule is Cc1cc(C)c(NC(=O)C(C)Oc2ccc(Cl)cc2Br)c(C)c1.